The zero-order valence-corrected chi connectivity index (χ0v) is 9.21. The summed E-state index contributed by atoms with van der Waals surface area (Å²) in [4.78, 5) is 14.4. The van der Waals surface area contributed by atoms with Gasteiger partial charge in [-0.1, -0.05) is 0 Å². The van der Waals surface area contributed by atoms with Gasteiger partial charge in [0, 0.05) is 12.3 Å². The Labute approximate surface area is 95.6 Å². The van der Waals surface area contributed by atoms with Crippen LogP contribution in [0.3, 0.4) is 0 Å². The fourth-order valence-electron chi connectivity index (χ4n) is 0.920. The maximum absolute atomic E-state index is 12.2. The average molecular weight is 248 g/mol. The van der Waals surface area contributed by atoms with E-state index in [4.69, 9.17) is 10.5 Å². The predicted octanol–water partition coefficient (Wildman–Crippen LogP) is 1.74. The van der Waals surface area contributed by atoms with Crippen LogP contribution >= 0.6 is 0 Å². The number of hydrogen-bond donors (Lipinski definition) is 1. The first-order valence-electron chi connectivity index (χ1n) is 4.65. The van der Waals surface area contributed by atoms with Gasteiger partial charge in [-0.05, 0) is 19.9 Å². The van der Waals surface area contributed by atoms with Crippen molar-refractivity contribution in [1.29, 1.82) is 0 Å². The quantitative estimate of drug-likeness (QED) is 0.886. The minimum Gasteiger partial charge on any atom is -0.462 e. The van der Waals surface area contributed by atoms with Crippen LogP contribution in [0.5, 0.6) is 5.88 Å². The van der Waals surface area contributed by atoms with Crippen LogP contribution in [0.2, 0.25) is 0 Å². The first kappa shape index (κ1) is 13.3. The van der Waals surface area contributed by atoms with Crippen LogP contribution in [0, 0.1) is 0 Å². The highest BCUT2D eigenvalue weighted by molar-refractivity contribution is 5.82. The normalized spacial score (nSPS) is 12.3. The molecule has 0 aliphatic rings. The molecule has 1 amide bonds. The number of carbonyl (C=O) groups is 1. The van der Waals surface area contributed by atoms with Gasteiger partial charge in [-0.2, -0.15) is 13.2 Å². The van der Waals surface area contributed by atoms with Crippen molar-refractivity contribution in [3.05, 3.63) is 23.9 Å². The highest BCUT2D eigenvalue weighted by atomic mass is 19.4. The summed E-state index contributed by atoms with van der Waals surface area (Å²) >= 11 is 0. The zero-order valence-electron chi connectivity index (χ0n) is 9.21. The highest BCUT2D eigenvalue weighted by Crippen LogP contribution is 2.29. The summed E-state index contributed by atoms with van der Waals surface area (Å²) in [5, 5.41) is 0. The van der Waals surface area contributed by atoms with Crippen LogP contribution in [0.25, 0.3) is 0 Å². The molecule has 4 nitrogen and oxygen atoms in total. The molecule has 0 fully saturated rings. The van der Waals surface area contributed by atoms with Crippen molar-refractivity contribution < 1.29 is 22.7 Å². The van der Waals surface area contributed by atoms with E-state index in [1.165, 1.54) is 13.8 Å². The van der Waals surface area contributed by atoms with Gasteiger partial charge < -0.3 is 10.5 Å². The third kappa shape index (κ3) is 3.33. The molecular weight excluding hydrogens is 237 g/mol. The Kier molecular flexibility index (Phi) is 3.30. The summed E-state index contributed by atoms with van der Waals surface area (Å²) in [5.74, 6) is -0.832. The smallest absolute Gasteiger partial charge is 0.417 e. The molecule has 1 aromatic heterocycles. The van der Waals surface area contributed by atoms with Crippen LogP contribution in [0.4, 0.5) is 13.2 Å². The molecule has 17 heavy (non-hydrogen) atoms. The Morgan fingerprint density at radius 3 is 2.29 bits per heavy atom. The van der Waals surface area contributed by atoms with E-state index in [1.54, 1.807) is 0 Å². The van der Waals surface area contributed by atoms with Crippen molar-refractivity contribution in [2.45, 2.75) is 25.6 Å². The van der Waals surface area contributed by atoms with E-state index in [0.717, 1.165) is 12.1 Å². The SMILES string of the molecule is CC(C)(Oc1ccc(C(F)(F)F)cn1)C(N)=O. The molecule has 1 aromatic rings. The van der Waals surface area contributed by atoms with Crippen molar-refractivity contribution in [2.24, 2.45) is 5.73 Å². The molecule has 1 heterocycles. The van der Waals surface area contributed by atoms with E-state index in [9.17, 15) is 18.0 Å². The number of rotatable bonds is 3. The fourth-order valence-corrected chi connectivity index (χ4v) is 0.920. The molecule has 0 saturated carbocycles. The fraction of sp³-hybridized carbons (Fsp3) is 0.400. The van der Waals surface area contributed by atoms with Crippen molar-refractivity contribution in [3.8, 4) is 5.88 Å². The van der Waals surface area contributed by atoms with Crippen LogP contribution < -0.4 is 10.5 Å². The number of primary amides is 1. The molecule has 0 spiro atoms. The van der Waals surface area contributed by atoms with E-state index in [1.807, 2.05) is 0 Å². The highest BCUT2D eigenvalue weighted by Gasteiger charge is 2.32. The minimum atomic E-state index is -4.45. The lowest BCUT2D eigenvalue weighted by atomic mass is 10.1. The topological polar surface area (TPSA) is 65.2 Å². The molecule has 7 heteroatoms. The Balaban J connectivity index is 2.86. The summed E-state index contributed by atoms with van der Waals surface area (Å²) in [7, 11) is 0. The summed E-state index contributed by atoms with van der Waals surface area (Å²) in [5.41, 5.74) is 2.83. The Morgan fingerprint density at radius 2 is 1.94 bits per heavy atom. The van der Waals surface area contributed by atoms with Gasteiger partial charge in [0.25, 0.3) is 5.91 Å². The number of nitrogens with two attached hydrogens (primary N) is 1. The molecule has 0 radical (unpaired) electrons. The third-order valence-electron chi connectivity index (χ3n) is 2.02. The molecule has 0 atom stereocenters. The van der Waals surface area contributed by atoms with Gasteiger partial charge >= 0.3 is 6.18 Å². The van der Waals surface area contributed by atoms with Gasteiger partial charge in [0.2, 0.25) is 5.88 Å². The number of pyridine rings is 1. The van der Waals surface area contributed by atoms with Crippen molar-refractivity contribution in [1.82, 2.24) is 4.98 Å². The molecule has 1 rings (SSSR count). The average Bonchev–Trinajstić information content (AvgIpc) is 2.16. The number of aromatic nitrogens is 1. The Hall–Kier alpha value is -1.79. The maximum atomic E-state index is 12.2. The van der Waals surface area contributed by atoms with Crippen LogP contribution in [0.15, 0.2) is 18.3 Å². The van der Waals surface area contributed by atoms with Crippen LogP contribution in [-0.2, 0) is 11.0 Å². The van der Waals surface area contributed by atoms with Crippen LogP contribution in [0.1, 0.15) is 19.4 Å². The van der Waals surface area contributed by atoms with Gasteiger partial charge in [-0.25, -0.2) is 4.98 Å². The van der Waals surface area contributed by atoms with Gasteiger partial charge in [-0.15, -0.1) is 0 Å². The molecule has 0 bridgehead atoms. The molecule has 0 saturated heterocycles. The number of alkyl halides is 3. The lowest BCUT2D eigenvalue weighted by molar-refractivity contribution is -0.138. The standard InChI is InChI=1S/C10H11F3N2O2/c1-9(2,8(14)16)17-7-4-3-6(5-15-7)10(11,12)13/h3-5H,1-2H3,(H2,14,16). The summed E-state index contributed by atoms with van der Waals surface area (Å²) in [6.45, 7) is 2.80. The molecule has 2 N–H and O–H groups in total. The van der Waals surface area contributed by atoms with Crippen molar-refractivity contribution in [3.63, 3.8) is 0 Å². The monoisotopic (exact) mass is 248 g/mol. The second-order valence-corrected chi connectivity index (χ2v) is 3.86. The first-order chi connectivity index (χ1) is 7.63. The van der Waals surface area contributed by atoms with Gasteiger partial charge in [0.15, 0.2) is 5.60 Å². The minimum absolute atomic E-state index is 0.0956. The van der Waals surface area contributed by atoms with Crippen molar-refractivity contribution in [2.75, 3.05) is 0 Å². The zero-order chi connectivity index (χ0) is 13.3. The number of amides is 1. The van der Waals surface area contributed by atoms with Gasteiger partial charge in [-0.3, -0.25) is 4.79 Å². The first-order valence-corrected chi connectivity index (χ1v) is 4.65. The predicted molar refractivity (Wildman–Crippen MR) is 53.1 cm³/mol. The molecule has 0 aliphatic heterocycles. The second kappa shape index (κ2) is 4.23. The third-order valence-corrected chi connectivity index (χ3v) is 2.02. The molecular formula is C10H11F3N2O2. The number of carbonyl (C=O) groups excluding carboxylic acids is 1. The van der Waals surface area contributed by atoms with Gasteiger partial charge in [0.05, 0.1) is 5.56 Å². The van der Waals surface area contributed by atoms with E-state index >= 15 is 0 Å². The second-order valence-electron chi connectivity index (χ2n) is 3.86. The summed E-state index contributed by atoms with van der Waals surface area (Å²) < 4.78 is 41.8. The molecule has 0 aromatic carbocycles. The van der Waals surface area contributed by atoms with E-state index in [-0.39, 0.29) is 5.88 Å². The molecule has 94 valence electrons. The van der Waals surface area contributed by atoms with Gasteiger partial charge in [0.1, 0.15) is 0 Å². The van der Waals surface area contributed by atoms with E-state index in [2.05, 4.69) is 4.98 Å². The number of hydrogen-bond acceptors (Lipinski definition) is 3. The number of halogens is 3. The van der Waals surface area contributed by atoms with Crippen LogP contribution in [-0.4, -0.2) is 16.5 Å². The maximum Gasteiger partial charge on any atom is 0.417 e. The Bertz CT molecular complexity index is 413. The largest absolute Gasteiger partial charge is 0.462 e. The van der Waals surface area contributed by atoms with Crippen molar-refractivity contribution >= 4 is 5.91 Å². The van der Waals surface area contributed by atoms with E-state index < -0.39 is 23.2 Å². The van der Waals surface area contributed by atoms with E-state index in [0.29, 0.717) is 6.20 Å². The number of nitrogens with zero attached hydrogens (tertiary/aromatic N) is 1. The lowest BCUT2D eigenvalue weighted by Gasteiger charge is -2.21. The lowest BCUT2D eigenvalue weighted by Crippen LogP contribution is -2.43. The summed E-state index contributed by atoms with van der Waals surface area (Å²) in [6, 6.07) is 1.85. The summed E-state index contributed by atoms with van der Waals surface area (Å²) in [6.07, 6.45) is -3.82. The molecule has 0 aliphatic carbocycles. The Morgan fingerprint density at radius 1 is 1.35 bits per heavy atom. The molecule has 0 unspecified atom stereocenters. The number of ether oxygens (including phenoxy) is 1.